The molecule has 0 radical (unpaired) electrons. The van der Waals surface area contributed by atoms with E-state index >= 15 is 0 Å². The summed E-state index contributed by atoms with van der Waals surface area (Å²) in [5, 5.41) is 0. The van der Waals surface area contributed by atoms with Gasteiger partial charge in [0, 0.05) is 45.1 Å². The molecule has 6 nitrogen and oxygen atoms in total. The van der Waals surface area contributed by atoms with E-state index in [4.69, 9.17) is 26.6 Å². The second-order valence-electron chi connectivity index (χ2n) is 7.21. The van der Waals surface area contributed by atoms with Crippen molar-refractivity contribution in [1.82, 2.24) is 0 Å². The first-order valence-corrected chi connectivity index (χ1v) is 15.8. The van der Waals surface area contributed by atoms with Crippen molar-refractivity contribution in [3.05, 3.63) is 12.7 Å². The van der Waals surface area contributed by atoms with Gasteiger partial charge in [0.05, 0.1) is 6.10 Å². The Morgan fingerprint density at radius 1 is 0.600 bits per heavy atom. The van der Waals surface area contributed by atoms with Crippen LogP contribution in [0.3, 0.4) is 0 Å². The molecule has 0 spiro atoms. The molecule has 0 aromatic heterocycles. The summed E-state index contributed by atoms with van der Waals surface area (Å²) in [5.41, 5.74) is 0. The first kappa shape index (κ1) is 29.9. The minimum absolute atomic E-state index is 0.0554. The summed E-state index contributed by atoms with van der Waals surface area (Å²) in [7, 11) is -5.11. The Morgan fingerprint density at radius 2 is 0.933 bits per heavy atom. The minimum atomic E-state index is -2.62. The van der Waals surface area contributed by atoms with Gasteiger partial charge in [0.2, 0.25) is 0 Å². The van der Waals surface area contributed by atoms with Crippen LogP contribution in [0, 0.1) is 0 Å². The van der Waals surface area contributed by atoms with Crippen LogP contribution >= 0.6 is 0 Å². The Hall–Kier alpha value is -0.0662. The van der Waals surface area contributed by atoms with Crippen molar-refractivity contribution in [1.29, 1.82) is 0 Å². The van der Waals surface area contributed by atoms with E-state index in [0.717, 1.165) is 31.4 Å². The molecule has 0 rings (SSSR count). The molecule has 0 bridgehead atoms. The molecular weight excluding hydrogens is 416 g/mol. The maximum absolute atomic E-state index is 6.16. The topological polar surface area (TPSA) is 55.4 Å². The molecule has 0 amide bonds. The normalized spacial score (nSPS) is 13.5. The van der Waals surface area contributed by atoms with Gasteiger partial charge < -0.3 is 26.6 Å². The monoisotopic (exact) mass is 464 g/mol. The lowest BCUT2D eigenvalue weighted by atomic mass is 10.1. The van der Waals surface area contributed by atoms with Crippen LogP contribution in [0.2, 0.25) is 12.1 Å². The van der Waals surface area contributed by atoms with Crippen molar-refractivity contribution < 1.29 is 26.6 Å². The van der Waals surface area contributed by atoms with Gasteiger partial charge in [-0.1, -0.05) is 31.8 Å². The fourth-order valence-corrected chi connectivity index (χ4v) is 9.01. The molecular formula is C22H48O6Si2. The molecule has 30 heavy (non-hydrogen) atoms. The van der Waals surface area contributed by atoms with Crippen LogP contribution in [0.15, 0.2) is 12.7 Å². The van der Waals surface area contributed by atoms with Crippen molar-refractivity contribution in [2.24, 2.45) is 0 Å². The molecule has 0 fully saturated rings. The van der Waals surface area contributed by atoms with E-state index in [0.29, 0.717) is 33.0 Å². The van der Waals surface area contributed by atoms with Crippen molar-refractivity contribution in [3.8, 4) is 0 Å². The Morgan fingerprint density at radius 3 is 1.30 bits per heavy atom. The van der Waals surface area contributed by atoms with E-state index in [2.05, 4.69) is 6.58 Å². The molecule has 0 aliphatic heterocycles. The molecule has 0 aromatic rings. The maximum atomic E-state index is 6.16. The van der Waals surface area contributed by atoms with E-state index in [1.54, 1.807) is 6.08 Å². The molecule has 0 heterocycles. The molecule has 180 valence electrons. The molecule has 0 N–H and O–H groups in total. The summed E-state index contributed by atoms with van der Waals surface area (Å²) in [4.78, 5) is 0. The summed E-state index contributed by atoms with van der Waals surface area (Å²) >= 11 is 0. The van der Waals surface area contributed by atoms with Crippen LogP contribution in [-0.2, 0) is 26.6 Å². The Balaban J connectivity index is 4.31. The zero-order valence-electron chi connectivity index (χ0n) is 20.5. The lowest BCUT2D eigenvalue weighted by Crippen LogP contribution is -2.47. The van der Waals surface area contributed by atoms with E-state index < -0.39 is 17.6 Å². The van der Waals surface area contributed by atoms with E-state index in [1.807, 2.05) is 41.5 Å². The maximum Gasteiger partial charge on any atom is 0.501 e. The van der Waals surface area contributed by atoms with Crippen LogP contribution < -0.4 is 0 Å². The molecule has 8 heteroatoms. The fraction of sp³-hybridized carbons (Fsp3) is 0.909. The van der Waals surface area contributed by atoms with Crippen molar-refractivity contribution in [2.45, 2.75) is 98.3 Å². The molecule has 0 aromatic carbocycles. The Labute approximate surface area is 188 Å². The van der Waals surface area contributed by atoms with Gasteiger partial charge in [0.15, 0.2) is 0 Å². The Kier molecular flexibility index (Phi) is 18.5. The van der Waals surface area contributed by atoms with Crippen LogP contribution in [0.4, 0.5) is 0 Å². The van der Waals surface area contributed by atoms with Crippen LogP contribution in [0.5, 0.6) is 0 Å². The van der Waals surface area contributed by atoms with Gasteiger partial charge in [0.25, 0.3) is 0 Å². The summed E-state index contributed by atoms with van der Waals surface area (Å²) in [6, 6.07) is 1.77. The smallest absolute Gasteiger partial charge is 0.374 e. The first-order valence-electron chi connectivity index (χ1n) is 12.0. The highest BCUT2D eigenvalue weighted by atomic mass is 28.4. The summed E-state index contributed by atoms with van der Waals surface area (Å²) in [6.07, 6.45) is 8.63. The second-order valence-corrected chi connectivity index (χ2v) is 12.6. The number of hydrogen-bond acceptors (Lipinski definition) is 6. The number of hydrogen-bond donors (Lipinski definition) is 0. The quantitative estimate of drug-likeness (QED) is 0.112. The molecule has 1 unspecified atom stereocenters. The van der Waals surface area contributed by atoms with Crippen molar-refractivity contribution in [2.75, 3.05) is 33.0 Å². The van der Waals surface area contributed by atoms with Crippen LogP contribution in [0.1, 0.15) is 80.1 Å². The van der Waals surface area contributed by atoms with Gasteiger partial charge in [-0.15, -0.1) is 6.58 Å². The summed E-state index contributed by atoms with van der Waals surface area (Å²) in [6.45, 7) is 19.0. The average Bonchev–Trinajstić information content (AvgIpc) is 2.71. The molecule has 0 saturated heterocycles. The lowest BCUT2D eigenvalue weighted by molar-refractivity contribution is 0.0517. The minimum Gasteiger partial charge on any atom is -0.374 e. The van der Waals surface area contributed by atoms with Crippen LogP contribution in [-0.4, -0.2) is 56.7 Å². The fourth-order valence-electron chi connectivity index (χ4n) is 3.48. The first-order chi connectivity index (χ1) is 14.5. The van der Waals surface area contributed by atoms with Gasteiger partial charge in [0.1, 0.15) is 0 Å². The van der Waals surface area contributed by atoms with Gasteiger partial charge in [-0.2, -0.15) is 0 Å². The highest BCUT2D eigenvalue weighted by Crippen LogP contribution is 2.24. The number of rotatable bonds is 22. The predicted molar refractivity (Wildman–Crippen MR) is 128 cm³/mol. The number of unbranched alkanes of at least 4 members (excludes halogenated alkanes) is 5. The Bertz CT molecular complexity index is 388. The molecule has 1 atom stereocenters. The summed E-state index contributed by atoms with van der Waals surface area (Å²) < 4.78 is 36.0. The average molecular weight is 465 g/mol. The molecule has 0 aliphatic rings. The largest absolute Gasteiger partial charge is 0.501 e. The molecule has 0 saturated carbocycles. The van der Waals surface area contributed by atoms with E-state index in [9.17, 15) is 0 Å². The third kappa shape index (κ3) is 12.7. The third-order valence-corrected chi connectivity index (χ3v) is 11.0. The zero-order valence-corrected chi connectivity index (χ0v) is 22.5. The summed E-state index contributed by atoms with van der Waals surface area (Å²) in [5.74, 6) is 0. The van der Waals surface area contributed by atoms with Gasteiger partial charge >= 0.3 is 17.6 Å². The van der Waals surface area contributed by atoms with Crippen molar-refractivity contribution >= 4 is 17.6 Å². The van der Waals surface area contributed by atoms with Crippen molar-refractivity contribution in [3.63, 3.8) is 0 Å². The highest BCUT2D eigenvalue weighted by molar-refractivity contribution is 6.61. The SMILES string of the molecule is C=CC(C)O[Si](CCCCCCCC[Si](OCC)(OCC)OCC)(OCC)OCC. The second kappa shape index (κ2) is 18.5. The van der Waals surface area contributed by atoms with Gasteiger partial charge in [-0.25, -0.2) is 0 Å². The lowest BCUT2D eigenvalue weighted by Gasteiger charge is -2.31. The predicted octanol–water partition coefficient (Wildman–Crippen LogP) is 5.98. The zero-order chi connectivity index (χ0) is 22.7. The highest BCUT2D eigenvalue weighted by Gasteiger charge is 2.41. The van der Waals surface area contributed by atoms with Gasteiger partial charge in [-0.3, -0.25) is 0 Å². The standard InChI is InChI=1S/C22H48O6Si2/c1-8-22(7)28-30(26-12-5,27-13-6)21-19-17-15-14-16-18-20-29(23-9-2,24-10-3)25-11-4/h8,22H,1,9-21H2,2-7H3. The van der Waals surface area contributed by atoms with Crippen LogP contribution in [0.25, 0.3) is 0 Å². The van der Waals surface area contributed by atoms with E-state index in [1.165, 1.54) is 19.3 Å². The molecule has 0 aliphatic carbocycles. The van der Waals surface area contributed by atoms with Gasteiger partial charge in [-0.05, 0) is 54.4 Å². The van der Waals surface area contributed by atoms with E-state index in [-0.39, 0.29) is 6.10 Å². The third-order valence-electron chi connectivity index (χ3n) is 4.73.